The molecule has 0 bridgehead atoms. The van der Waals surface area contributed by atoms with Crippen molar-refractivity contribution >= 4 is 16.6 Å². The Bertz CT molecular complexity index is 567. The number of fused-ring (bicyclic) bond motifs is 1. The second kappa shape index (κ2) is 6.66. The molecule has 0 amide bonds. The van der Waals surface area contributed by atoms with Gasteiger partial charge in [-0.15, -0.1) is 0 Å². The Labute approximate surface area is 119 Å². The fourth-order valence-electron chi connectivity index (χ4n) is 2.43. The van der Waals surface area contributed by atoms with Gasteiger partial charge in [-0.05, 0) is 38.2 Å². The third-order valence-electron chi connectivity index (χ3n) is 3.53. The van der Waals surface area contributed by atoms with Crippen LogP contribution in [0.1, 0.15) is 20.8 Å². The van der Waals surface area contributed by atoms with Gasteiger partial charge in [0.25, 0.3) is 0 Å². The molecule has 2 aromatic rings. The molecular weight excluding hydrogens is 253 g/mol. The number of likely N-dealkylation sites (N-methyl/N-ethyl adjacent to an activating group) is 1. The highest BCUT2D eigenvalue weighted by atomic mass is 19.1. The van der Waals surface area contributed by atoms with E-state index in [0.717, 1.165) is 30.7 Å². The number of aromatic nitrogens is 1. The van der Waals surface area contributed by atoms with Gasteiger partial charge in [0.15, 0.2) is 0 Å². The minimum atomic E-state index is -0.252. The van der Waals surface area contributed by atoms with E-state index in [1.54, 1.807) is 12.3 Å². The van der Waals surface area contributed by atoms with E-state index in [2.05, 4.69) is 36.0 Å². The van der Waals surface area contributed by atoms with E-state index >= 15 is 0 Å². The predicted octanol–water partition coefficient (Wildman–Crippen LogP) is 3.52. The number of hydrogen-bond donors (Lipinski definition) is 1. The SMILES string of the molecule is CCN(CC)C[C@@H](C)Nc1ccnc2cc(F)ccc12. The minimum Gasteiger partial charge on any atom is -0.381 e. The number of nitrogens with zero attached hydrogens (tertiary/aromatic N) is 2. The molecule has 108 valence electrons. The zero-order valence-electron chi connectivity index (χ0n) is 12.4. The molecular formula is C16H22FN3. The molecule has 0 aliphatic rings. The van der Waals surface area contributed by atoms with Crippen LogP contribution in [0.25, 0.3) is 10.9 Å². The second-order valence-electron chi connectivity index (χ2n) is 5.05. The van der Waals surface area contributed by atoms with Gasteiger partial charge in [0.2, 0.25) is 0 Å². The van der Waals surface area contributed by atoms with E-state index in [0.29, 0.717) is 11.6 Å². The molecule has 1 N–H and O–H groups in total. The zero-order valence-corrected chi connectivity index (χ0v) is 12.4. The summed E-state index contributed by atoms with van der Waals surface area (Å²) in [6.45, 7) is 9.57. The third-order valence-corrected chi connectivity index (χ3v) is 3.53. The summed E-state index contributed by atoms with van der Waals surface area (Å²) in [5, 5.41) is 4.46. The van der Waals surface area contributed by atoms with Crippen LogP contribution in [0.5, 0.6) is 0 Å². The molecule has 0 fully saturated rings. The summed E-state index contributed by atoms with van der Waals surface area (Å²) >= 11 is 0. The Morgan fingerprint density at radius 1 is 1.25 bits per heavy atom. The Kier molecular flexibility index (Phi) is 4.90. The van der Waals surface area contributed by atoms with Crippen LogP contribution in [-0.2, 0) is 0 Å². The summed E-state index contributed by atoms with van der Waals surface area (Å²) in [5.41, 5.74) is 1.69. The first kappa shape index (κ1) is 14.7. The van der Waals surface area contributed by atoms with Gasteiger partial charge in [-0.2, -0.15) is 0 Å². The van der Waals surface area contributed by atoms with Crippen molar-refractivity contribution in [2.75, 3.05) is 25.0 Å². The third kappa shape index (κ3) is 3.45. The van der Waals surface area contributed by atoms with Gasteiger partial charge < -0.3 is 10.2 Å². The highest BCUT2D eigenvalue weighted by molar-refractivity contribution is 5.91. The van der Waals surface area contributed by atoms with E-state index in [4.69, 9.17) is 0 Å². The number of anilines is 1. The van der Waals surface area contributed by atoms with Gasteiger partial charge in [0.05, 0.1) is 5.52 Å². The lowest BCUT2D eigenvalue weighted by molar-refractivity contribution is 0.295. The average molecular weight is 275 g/mol. The van der Waals surface area contributed by atoms with Crippen LogP contribution in [-0.4, -0.2) is 35.6 Å². The molecule has 1 heterocycles. The Balaban J connectivity index is 2.17. The largest absolute Gasteiger partial charge is 0.381 e. The number of nitrogens with one attached hydrogen (secondary N) is 1. The number of rotatable bonds is 6. The lowest BCUT2D eigenvalue weighted by atomic mass is 10.1. The van der Waals surface area contributed by atoms with Crippen LogP contribution in [0.4, 0.5) is 10.1 Å². The molecule has 2 rings (SSSR count). The maximum atomic E-state index is 13.2. The number of hydrogen-bond acceptors (Lipinski definition) is 3. The van der Waals surface area contributed by atoms with Crippen LogP contribution in [0, 0.1) is 5.82 Å². The summed E-state index contributed by atoms with van der Waals surface area (Å²) in [6.07, 6.45) is 1.72. The van der Waals surface area contributed by atoms with Crippen molar-refractivity contribution in [2.45, 2.75) is 26.8 Å². The van der Waals surface area contributed by atoms with Gasteiger partial charge in [-0.1, -0.05) is 13.8 Å². The highest BCUT2D eigenvalue weighted by Crippen LogP contribution is 2.22. The molecule has 1 aromatic heterocycles. The van der Waals surface area contributed by atoms with Crippen LogP contribution in [0.15, 0.2) is 30.5 Å². The molecule has 1 aromatic carbocycles. The van der Waals surface area contributed by atoms with E-state index in [1.165, 1.54) is 12.1 Å². The van der Waals surface area contributed by atoms with Crippen molar-refractivity contribution in [1.29, 1.82) is 0 Å². The Morgan fingerprint density at radius 3 is 2.70 bits per heavy atom. The molecule has 0 unspecified atom stereocenters. The van der Waals surface area contributed by atoms with E-state index in [9.17, 15) is 4.39 Å². The van der Waals surface area contributed by atoms with Crippen LogP contribution in [0.2, 0.25) is 0 Å². The monoisotopic (exact) mass is 275 g/mol. The maximum Gasteiger partial charge on any atom is 0.125 e. The average Bonchev–Trinajstić information content (AvgIpc) is 2.44. The summed E-state index contributed by atoms with van der Waals surface area (Å²) < 4.78 is 13.2. The molecule has 3 nitrogen and oxygen atoms in total. The van der Waals surface area contributed by atoms with Gasteiger partial charge in [-0.3, -0.25) is 4.98 Å². The van der Waals surface area contributed by atoms with Crippen molar-refractivity contribution in [3.63, 3.8) is 0 Å². The normalized spacial score (nSPS) is 12.8. The van der Waals surface area contributed by atoms with Crippen molar-refractivity contribution in [2.24, 2.45) is 0 Å². The molecule has 0 saturated carbocycles. The van der Waals surface area contributed by atoms with Gasteiger partial charge >= 0.3 is 0 Å². The molecule has 0 saturated heterocycles. The Hall–Kier alpha value is -1.68. The van der Waals surface area contributed by atoms with Crippen molar-refractivity contribution in [3.05, 3.63) is 36.3 Å². The first-order valence-electron chi connectivity index (χ1n) is 7.17. The predicted molar refractivity (Wildman–Crippen MR) is 82.6 cm³/mol. The standard InChI is InChI=1S/C16H22FN3/c1-4-20(5-2)11-12(3)19-15-8-9-18-16-10-13(17)6-7-14(15)16/h6-10,12H,4-5,11H2,1-3H3,(H,18,19)/t12-/m1/s1. The second-order valence-corrected chi connectivity index (χ2v) is 5.05. The highest BCUT2D eigenvalue weighted by Gasteiger charge is 2.09. The van der Waals surface area contributed by atoms with E-state index in [-0.39, 0.29) is 5.82 Å². The topological polar surface area (TPSA) is 28.2 Å². The van der Waals surface area contributed by atoms with E-state index in [1.807, 2.05) is 6.07 Å². The van der Waals surface area contributed by atoms with Crippen molar-refractivity contribution in [1.82, 2.24) is 9.88 Å². The first-order valence-corrected chi connectivity index (χ1v) is 7.17. The Morgan fingerprint density at radius 2 is 2.00 bits per heavy atom. The lowest BCUT2D eigenvalue weighted by Crippen LogP contribution is -2.34. The molecule has 0 radical (unpaired) electrons. The maximum absolute atomic E-state index is 13.2. The molecule has 20 heavy (non-hydrogen) atoms. The fourth-order valence-corrected chi connectivity index (χ4v) is 2.43. The molecule has 0 spiro atoms. The minimum absolute atomic E-state index is 0.252. The number of pyridine rings is 1. The molecule has 1 atom stereocenters. The van der Waals surface area contributed by atoms with Crippen LogP contribution in [0.3, 0.4) is 0 Å². The zero-order chi connectivity index (χ0) is 14.5. The quantitative estimate of drug-likeness (QED) is 0.874. The lowest BCUT2D eigenvalue weighted by Gasteiger charge is -2.24. The molecule has 0 aliphatic carbocycles. The molecule has 4 heteroatoms. The van der Waals surface area contributed by atoms with Gasteiger partial charge in [0.1, 0.15) is 5.82 Å². The smallest absolute Gasteiger partial charge is 0.125 e. The van der Waals surface area contributed by atoms with Gasteiger partial charge in [0, 0.05) is 35.9 Å². The van der Waals surface area contributed by atoms with Crippen LogP contribution >= 0.6 is 0 Å². The summed E-state index contributed by atoms with van der Waals surface area (Å²) in [5.74, 6) is -0.252. The van der Waals surface area contributed by atoms with Crippen LogP contribution < -0.4 is 5.32 Å². The first-order chi connectivity index (χ1) is 9.63. The summed E-state index contributed by atoms with van der Waals surface area (Å²) in [7, 11) is 0. The summed E-state index contributed by atoms with van der Waals surface area (Å²) in [6, 6.07) is 6.99. The summed E-state index contributed by atoms with van der Waals surface area (Å²) in [4.78, 5) is 6.59. The van der Waals surface area contributed by atoms with Crippen molar-refractivity contribution in [3.8, 4) is 0 Å². The molecule has 0 aliphatic heterocycles. The fraction of sp³-hybridized carbons (Fsp3) is 0.438. The van der Waals surface area contributed by atoms with Crippen molar-refractivity contribution < 1.29 is 4.39 Å². The number of benzene rings is 1. The number of halogens is 1. The van der Waals surface area contributed by atoms with E-state index < -0.39 is 0 Å². The van der Waals surface area contributed by atoms with Gasteiger partial charge in [-0.25, -0.2) is 4.39 Å².